The van der Waals surface area contributed by atoms with Gasteiger partial charge in [0.15, 0.2) is 0 Å². The van der Waals surface area contributed by atoms with Crippen molar-refractivity contribution in [3.63, 3.8) is 0 Å². The van der Waals surface area contributed by atoms with E-state index in [1.807, 2.05) is 12.1 Å². The second-order valence-corrected chi connectivity index (χ2v) is 4.62. The molecule has 1 unspecified atom stereocenters. The van der Waals surface area contributed by atoms with Crippen LogP contribution in [0.2, 0.25) is 0 Å². The first-order valence-electron chi connectivity index (χ1n) is 4.72. The van der Waals surface area contributed by atoms with Crippen molar-refractivity contribution in [2.24, 2.45) is 0 Å². The van der Waals surface area contributed by atoms with Crippen LogP contribution in [0.15, 0.2) is 22.8 Å². The first-order chi connectivity index (χ1) is 6.72. The summed E-state index contributed by atoms with van der Waals surface area (Å²) in [5.41, 5.74) is 0. The van der Waals surface area contributed by atoms with E-state index in [-0.39, 0.29) is 5.38 Å². The molecule has 1 heterocycles. The summed E-state index contributed by atoms with van der Waals surface area (Å²) in [6.07, 6.45) is 3.76. The van der Waals surface area contributed by atoms with Crippen LogP contribution in [0, 0.1) is 0 Å². The van der Waals surface area contributed by atoms with Crippen molar-refractivity contribution in [2.45, 2.75) is 25.1 Å². The third-order valence-electron chi connectivity index (χ3n) is 1.93. The Morgan fingerprint density at radius 1 is 1.57 bits per heavy atom. The highest BCUT2D eigenvalue weighted by Gasteiger charge is 2.00. The van der Waals surface area contributed by atoms with E-state index in [4.69, 9.17) is 11.6 Å². The zero-order valence-electron chi connectivity index (χ0n) is 8.13. The largest absolute Gasteiger partial charge is 0.370 e. The summed E-state index contributed by atoms with van der Waals surface area (Å²) in [5, 5.41) is 3.48. The third kappa shape index (κ3) is 4.29. The Labute approximate surface area is 98.2 Å². The predicted molar refractivity (Wildman–Crippen MR) is 65.0 cm³/mol. The van der Waals surface area contributed by atoms with Crippen LogP contribution in [0.3, 0.4) is 0 Å². The lowest BCUT2D eigenvalue weighted by atomic mass is 10.2. The monoisotopic (exact) mass is 276 g/mol. The highest BCUT2D eigenvalue weighted by Crippen LogP contribution is 2.11. The molecule has 0 spiro atoms. The highest BCUT2D eigenvalue weighted by atomic mass is 79.9. The van der Waals surface area contributed by atoms with Crippen LogP contribution in [-0.2, 0) is 0 Å². The van der Waals surface area contributed by atoms with Gasteiger partial charge in [-0.1, -0.05) is 6.92 Å². The van der Waals surface area contributed by atoms with E-state index in [0.717, 1.165) is 29.7 Å². The molecule has 0 aliphatic rings. The number of anilines is 1. The quantitative estimate of drug-likeness (QED) is 0.831. The molecular weight excluding hydrogens is 263 g/mol. The maximum absolute atomic E-state index is 5.99. The molecule has 0 aliphatic carbocycles. The van der Waals surface area contributed by atoms with E-state index < -0.39 is 0 Å². The SMILES string of the molecule is CCC(Cl)CCNc1ccc(Br)cn1. The first-order valence-corrected chi connectivity index (χ1v) is 5.94. The number of rotatable bonds is 5. The minimum absolute atomic E-state index is 0.262. The molecule has 1 atom stereocenters. The summed E-state index contributed by atoms with van der Waals surface area (Å²) in [6, 6.07) is 3.91. The van der Waals surface area contributed by atoms with E-state index in [2.05, 4.69) is 33.2 Å². The molecular formula is C10H14BrClN2. The van der Waals surface area contributed by atoms with E-state index >= 15 is 0 Å². The number of nitrogens with zero attached hydrogens (tertiary/aromatic N) is 1. The smallest absolute Gasteiger partial charge is 0.125 e. The Morgan fingerprint density at radius 3 is 2.93 bits per heavy atom. The van der Waals surface area contributed by atoms with Gasteiger partial charge in [0, 0.05) is 22.6 Å². The first kappa shape index (κ1) is 11.8. The topological polar surface area (TPSA) is 24.9 Å². The minimum atomic E-state index is 0.262. The van der Waals surface area contributed by atoms with Crippen molar-refractivity contribution < 1.29 is 0 Å². The fraction of sp³-hybridized carbons (Fsp3) is 0.500. The van der Waals surface area contributed by atoms with Gasteiger partial charge in [-0.15, -0.1) is 11.6 Å². The van der Waals surface area contributed by atoms with Gasteiger partial charge < -0.3 is 5.32 Å². The summed E-state index contributed by atoms with van der Waals surface area (Å²) in [4.78, 5) is 4.20. The highest BCUT2D eigenvalue weighted by molar-refractivity contribution is 9.10. The zero-order valence-corrected chi connectivity index (χ0v) is 10.5. The number of alkyl halides is 1. The van der Waals surface area contributed by atoms with Gasteiger partial charge in [0.1, 0.15) is 5.82 Å². The van der Waals surface area contributed by atoms with Crippen molar-refractivity contribution in [1.29, 1.82) is 0 Å². The van der Waals surface area contributed by atoms with Gasteiger partial charge in [0.05, 0.1) is 0 Å². The summed E-state index contributed by atoms with van der Waals surface area (Å²) < 4.78 is 0.992. The molecule has 78 valence electrons. The Hall–Kier alpha value is -0.280. The normalized spacial score (nSPS) is 12.5. The molecule has 1 rings (SSSR count). The molecule has 2 nitrogen and oxygen atoms in total. The fourth-order valence-electron chi connectivity index (χ4n) is 1.04. The van der Waals surface area contributed by atoms with Crippen molar-refractivity contribution in [3.05, 3.63) is 22.8 Å². The summed E-state index contributed by atoms with van der Waals surface area (Å²) >= 11 is 9.33. The predicted octanol–water partition coefficient (Wildman–Crippen LogP) is 3.66. The van der Waals surface area contributed by atoms with Gasteiger partial charge in [0.25, 0.3) is 0 Å². The lowest BCUT2D eigenvalue weighted by Gasteiger charge is -2.08. The Bertz CT molecular complexity index is 263. The molecule has 0 radical (unpaired) electrons. The van der Waals surface area contributed by atoms with Crippen LogP contribution in [0.4, 0.5) is 5.82 Å². The van der Waals surface area contributed by atoms with Gasteiger partial charge in [-0.25, -0.2) is 4.98 Å². The van der Waals surface area contributed by atoms with E-state index in [1.165, 1.54) is 0 Å². The molecule has 1 aromatic heterocycles. The van der Waals surface area contributed by atoms with Gasteiger partial charge in [0.2, 0.25) is 0 Å². The fourth-order valence-corrected chi connectivity index (χ4v) is 1.39. The minimum Gasteiger partial charge on any atom is -0.370 e. The second-order valence-electron chi connectivity index (χ2n) is 3.08. The number of halogens is 2. The van der Waals surface area contributed by atoms with Crippen LogP contribution < -0.4 is 5.32 Å². The van der Waals surface area contributed by atoms with Crippen molar-refractivity contribution in [2.75, 3.05) is 11.9 Å². The van der Waals surface area contributed by atoms with Gasteiger partial charge in [-0.2, -0.15) is 0 Å². The number of hydrogen-bond acceptors (Lipinski definition) is 2. The molecule has 0 aliphatic heterocycles. The lowest BCUT2D eigenvalue weighted by molar-refractivity contribution is 0.752. The molecule has 0 saturated carbocycles. The average molecular weight is 278 g/mol. The average Bonchev–Trinajstić information content (AvgIpc) is 2.21. The molecule has 1 N–H and O–H groups in total. The number of nitrogens with one attached hydrogen (secondary N) is 1. The Balaban J connectivity index is 2.28. The second kappa shape index (κ2) is 6.25. The number of hydrogen-bond donors (Lipinski definition) is 1. The number of pyridine rings is 1. The maximum Gasteiger partial charge on any atom is 0.125 e. The van der Waals surface area contributed by atoms with E-state index in [0.29, 0.717) is 0 Å². The van der Waals surface area contributed by atoms with Crippen molar-refractivity contribution in [3.8, 4) is 0 Å². The van der Waals surface area contributed by atoms with Crippen LogP contribution in [0.5, 0.6) is 0 Å². The summed E-state index contributed by atoms with van der Waals surface area (Å²) in [6.45, 7) is 2.96. The molecule has 0 amide bonds. The van der Waals surface area contributed by atoms with Crippen molar-refractivity contribution in [1.82, 2.24) is 4.98 Å². The molecule has 0 fully saturated rings. The third-order valence-corrected chi connectivity index (χ3v) is 2.93. The van der Waals surface area contributed by atoms with E-state index in [1.54, 1.807) is 6.20 Å². The zero-order chi connectivity index (χ0) is 10.4. The Kier molecular flexibility index (Phi) is 5.26. The van der Waals surface area contributed by atoms with Gasteiger partial charge in [-0.05, 0) is 40.9 Å². The maximum atomic E-state index is 5.99. The van der Waals surface area contributed by atoms with Crippen LogP contribution in [0.1, 0.15) is 19.8 Å². The number of aromatic nitrogens is 1. The van der Waals surface area contributed by atoms with E-state index in [9.17, 15) is 0 Å². The molecule has 0 saturated heterocycles. The standard InChI is InChI=1S/C10H14BrClN2/c1-2-9(12)5-6-13-10-4-3-8(11)7-14-10/h3-4,7,9H,2,5-6H2,1H3,(H,13,14). The van der Waals surface area contributed by atoms with Gasteiger partial charge >= 0.3 is 0 Å². The summed E-state index contributed by atoms with van der Waals surface area (Å²) in [5.74, 6) is 0.896. The molecule has 1 aromatic rings. The molecule has 0 aromatic carbocycles. The lowest BCUT2D eigenvalue weighted by Crippen LogP contribution is -2.08. The molecule has 4 heteroatoms. The van der Waals surface area contributed by atoms with Crippen LogP contribution in [-0.4, -0.2) is 16.9 Å². The van der Waals surface area contributed by atoms with Crippen LogP contribution >= 0.6 is 27.5 Å². The molecule has 0 bridgehead atoms. The van der Waals surface area contributed by atoms with Gasteiger partial charge in [-0.3, -0.25) is 0 Å². The summed E-state index contributed by atoms with van der Waals surface area (Å²) in [7, 11) is 0. The van der Waals surface area contributed by atoms with Crippen LogP contribution in [0.25, 0.3) is 0 Å². The Morgan fingerprint density at radius 2 is 2.36 bits per heavy atom. The van der Waals surface area contributed by atoms with Crippen molar-refractivity contribution >= 4 is 33.3 Å². The molecule has 14 heavy (non-hydrogen) atoms.